The van der Waals surface area contributed by atoms with Gasteiger partial charge in [0.15, 0.2) is 17.3 Å². The van der Waals surface area contributed by atoms with Gasteiger partial charge in [-0.3, -0.25) is 9.59 Å². The zero-order chi connectivity index (χ0) is 17.5. The molecule has 130 valence electrons. The maximum atomic E-state index is 12.3. The molecule has 0 unspecified atom stereocenters. The molecule has 0 N–H and O–H groups in total. The lowest BCUT2D eigenvalue weighted by Gasteiger charge is -2.18. The van der Waals surface area contributed by atoms with Crippen LogP contribution in [0.3, 0.4) is 0 Å². The molecule has 0 bridgehead atoms. The highest BCUT2D eigenvalue weighted by Crippen LogP contribution is 2.27. The lowest BCUT2D eigenvalue weighted by atomic mass is 10.1. The number of carbonyl (C=O) groups is 2. The number of allylic oxidation sites excluding steroid dienone is 1. The molecule has 1 fully saturated rings. The van der Waals surface area contributed by atoms with Crippen molar-refractivity contribution in [1.82, 2.24) is 9.80 Å². The number of methoxy groups -OCH3 is 2. The second kappa shape index (κ2) is 8.49. The van der Waals surface area contributed by atoms with Crippen molar-refractivity contribution >= 4 is 11.7 Å². The number of carbonyl (C=O) groups excluding carboxylic acids is 2. The molecule has 1 heterocycles. The van der Waals surface area contributed by atoms with E-state index in [4.69, 9.17) is 9.47 Å². The Kier molecular flexibility index (Phi) is 6.37. The van der Waals surface area contributed by atoms with Crippen molar-refractivity contribution < 1.29 is 19.1 Å². The molecule has 1 aliphatic heterocycles. The summed E-state index contributed by atoms with van der Waals surface area (Å²) in [6.45, 7) is 3.24. The molecular weight excluding hydrogens is 308 g/mol. The summed E-state index contributed by atoms with van der Waals surface area (Å²) in [6.07, 6.45) is 3.61. The lowest BCUT2D eigenvalue weighted by molar-refractivity contribution is -0.125. The van der Waals surface area contributed by atoms with E-state index in [0.29, 0.717) is 23.6 Å². The van der Waals surface area contributed by atoms with Gasteiger partial charge in [-0.25, -0.2) is 0 Å². The molecule has 1 aromatic carbocycles. The van der Waals surface area contributed by atoms with Gasteiger partial charge in [0.1, 0.15) is 0 Å². The molecule has 0 radical (unpaired) electrons. The summed E-state index contributed by atoms with van der Waals surface area (Å²) in [6, 6.07) is 4.93. The van der Waals surface area contributed by atoms with Crippen LogP contribution in [0.1, 0.15) is 16.8 Å². The van der Waals surface area contributed by atoms with Gasteiger partial charge in [-0.15, -0.1) is 0 Å². The van der Waals surface area contributed by atoms with E-state index in [1.807, 2.05) is 7.05 Å². The van der Waals surface area contributed by atoms with Crippen molar-refractivity contribution in [2.45, 2.75) is 6.42 Å². The number of likely N-dealkylation sites (N-methyl/N-ethyl adjacent to an activating group) is 1. The van der Waals surface area contributed by atoms with Gasteiger partial charge in [0.25, 0.3) is 0 Å². The molecule has 0 saturated carbocycles. The smallest absolute Gasteiger partial charge is 0.246 e. The fourth-order valence-electron chi connectivity index (χ4n) is 2.61. The summed E-state index contributed by atoms with van der Waals surface area (Å²) >= 11 is 0. The van der Waals surface area contributed by atoms with Crippen LogP contribution in [0.4, 0.5) is 0 Å². The summed E-state index contributed by atoms with van der Waals surface area (Å²) in [5.74, 6) is 0.678. The Morgan fingerprint density at radius 2 is 1.75 bits per heavy atom. The number of rotatable bonds is 5. The molecule has 1 amide bonds. The van der Waals surface area contributed by atoms with E-state index < -0.39 is 0 Å². The van der Waals surface area contributed by atoms with Crippen LogP contribution in [0.2, 0.25) is 0 Å². The Labute approximate surface area is 142 Å². The molecule has 1 saturated heterocycles. The number of ether oxygens (including phenoxy) is 2. The van der Waals surface area contributed by atoms with Crippen LogP contribution in [-0.4, -0.2) is 68.9 Å². The van der Waals surface area contributed by atoms with Crippen molar-refractivity contribution in [2.24, 2.45) is 0 Å². The molecular formula is C18H24N2O4. The van der Waals surface area contributed by atoms with E-state index in [9.17, 15) is 9.59 Å². The van der Waals surface area contributed by atoms with Gasteiger partial charge in [-0.2, -0.15) is 0 Å². The minimum Gasteiger partial charge on any atom is -0.493 e. The van der Waals surface area contributed by atoms with E-state index in [0.717, 1.165) is 26.1 Å². The van der Waals surface area contributed by atoms with Crippen molar-refractivity contribution in [2.75, 3.05) is 47.4 Å². The number of hydrogen-bond donors (Lipinski definition) is 0. The molecule has 2 rings (SSSR count). The maximum absolute atomic E-state index is 12.3. The Morgan fingerprint density at radius 3 is 2.46 bits per heavy atom. The van der Waals surface area contributed by atoms with Crippen LogP contribution in [-0.2, 0) is 4.79 Å². The second-order valence-corrected chi connectivity index (χ2v) is 5.75. The van der Waals surface area contributed by atoms with E-state index in [1.54, 1.807) is 23.1 Å². The normalized spacial score (nSPS) is 16.0. The van der Waals surface area contributed by atoms with Crippen LogP contribution in [0.25, 0.3) is 0 Å². The Hall–Kier alpha value is -2.34. The first-order valence-corrected chi connectivity index (χ1v) is 7.97. The van der Waals surface area contributed by atoms with Gasteiger partial charge in [-0.1, -0.05) is 0 Å². The van der Waals surface area contributed by atoms with E-state index in [1.165, 1.54) is 26.4 Å². The topological polar surface area (TPSA) is 59.1 Å². The molecule has 0 atom stereocenters. The quantitative estimate of drug-likeness (QED) is 0.606. The average Bonchev–Trinajstić information content (AvgIpc) is 2.83. The average molecular weight is 332 g/mol. The highest BCUT2D eigenvalue weighted by molar-refractivity contribution is 6.07. The van der Waals surface area contributed by atoms with E-state index in [-0.39, 0.29) is 11.7 Å². The zero-order valence-corrected chi connectivity index (χ0v) is 14.4. The monoisotopic (exact) mass is 332 g/mol. The van der Waals surface area contributed by atoms with Crippen LogP contribution in [0, 0.1) is 0 Å². The summed E-state index contributed by atoms with van der Waals surface area (Å²) < 4.78 is 10.3. The molecule has 0 spiro atoms. The molecule has 1 aliphatic rings. The highest BCUT2D eigenvalue weighted by Gasteiger charge is 2.16. The van der Waals surface area contributed by atoms with Crippen molar-refractivity contribution in [3.8, 4) is 11.5 Å². The van der Waals surface area contributed by atoms with Crippen LogP contribution in [0.5, 0.6) is 11.5 Å². The fraction of sp³-hybridized carbons (Fsp3) is 0.444. The van der Waals surface area contributed by atoms with E-state index in [2.05, 4.69) is 4.90 Å². The first-order chi connectivity index (χ1) is 11.5. The summed E-state index contributed by atoms with van der Waals surface area (Å²) in [7, 11) is 5.10. The van der Waals surface area contributed by atoms with Crippen molar-refractivity contribution in [1.29, 1.82) is 0 Å². The third-order valence-electron chi connectivity index (χ3n) is 4.08. The summed E-state index contributed by atoms with van der Waals surface area (Å²) in [5.41, 5.74) is 0.451. The molecule has 6 nitrogen and oxygen atoms in total. The predicted molar refractivity (Wildman–Crippen MR) is 91.7 cm³/mol. The fourth-order valence-corrected chi connectivity index (χ4v) is 2.61. The van der Waals surface area contributed by atoms with E-state index >= 15 is 0 Å². The predicted octanol–water partition coefficient (Wildman–Crippen LogP) is 1.61. The molecule has 0 aromatic heterocycles. The van der Waals surface area contributed by atoms with Crippen molar-refractivity contribution in [3.05, 3.63) is 35.9 Å². The maximum Gasteiger partial charge on any atom is 0.246 e. The first kappa shape index (κ1) is 18.0. The number of nitrogens with zero attached hydrogens (tertiary/aromatic N) is 2. The van der Waals surface area contributed by atoms with Crippen LogP contribution in [0.15, 0.2) is 30.4 Å². The largest absolute Gasteiger partial charge is 0.493 e. The number of benzene rings is 1. The highest BCUT2D eigenvalue weighted by atomic mass is 16.5. The van der Waals surface area contributed by atoms with Gasteiger partial charge >= 0.3 is 0 Å². The summed E-state index contributed by atoms with van der Waals surface area (Å²) in [4.78, 5) is 28.5. The third kappa shape index (κ3) is 4.58. The summed E-state index contributed by atoms with van der Waals surface area (Å²) in [5, 5.41) is 0. The standard InChI is InChI=1S/C18H24N2O4/c1-19-9-4-10-20(12-11-19)18(22)8-6-15(21)14-5-7-16(23-2)17(13-14)24-3/h5-8,13H,4,9-12H2,1-3H3/b8-6+. The van der Waals surface area contributed by atoms with Crippen LogP contribution < -0.4 is 9.47 Å². The number of ketones is 1. The third-order valence-corrected chi connectivity index (χ3v) is 4.08. The number of hydrogen-bond acceptors (Lipinski definition) is 5. The van der Waals surface area contributed by atoms with Crippen molar-refractivity contribution in [3.63, 3.8) is 0 Å². The Bertz CT molecular complexity index is 627. The van der Waals surface area contributed by atoms with Gasteiger partial charge in [0.2, 0.25) is 5.91 Å². The van der Waals surface area contributed by atoms with Gasteiger partial charge in [-0.05, 0) is 44.3 Å². The molecule has 0 aliphatic carbocycles. The van der Waals surface area contributed by atoms with Gasteiger partial charge < -0.3 is 19.3 Å². The first-order valence-electron chi connectivity index (χ1n) is 7.97. The lowest BCUT2D eigenvalue weighted by Crippen LogP contribution is -2.33. The second-order valence-electron chi connectivity index (χ2n) is 5.75. The number of amides is 1. The molecule has 24 heavy (non-hydrogen) atoms. The Balaban J connectivity index is 2.03. The molecule has 1 aromatic rings. The van der Waals surface area contributed by atoms with Crippen LogP contribution >= 0.6 is 0 Å². The van der Waals surface area contributed by atoms with Gasteiger partial charge in [0.05, 0.1) is 14.2 Å². The minimum absolute atomic E-state index is 0.126. The van der Waals surface area contributed by atoms with Gasteiger partial charge in [0, 0.05) is 31.3 Å². The minimum atomic E-state index is -0.240. The Morgan fingerprint density at radius 1 is 1.00 bits per heavy atom. The SMILES string of the molecule is COc1ccc(C(=O)/C=C/C(=O)N2CCCN(C)CC2)cc1OC. The zero-order valence-electron chi connectivity index (χ0n) is 14.4. The molecule has 6 heteroatoms.